The second-order valence-corrected chi connectivity index (χ2v) is 5.39. The highest BCUT2D eigenvalue weighted by Crippen LogP contribution is 2.25. The van der Waals surface area contributed by atoms with Crippen LogP contribution in [0.2, 0.25) is 0 Å². The van der Waals surface area contributed by atoms with Crippen molar-refractivity contribution in [3.05, 3.63) is 0 Å². The SMILES string of the molecule is CP(C)CN1CCOCC1. The molecule has 0 spiro atoms. The minimum absolute atomic E-state index is 0.247. The molecule has 0 radical (unpaired) electrons. The number of morpholine rings is 1. The smallest absolute Gasteiger partial charge is 0.0594 e. The molecule has 10 heavy (non-hydrogen) atoms. The highest BCUT2D eigenvalue weighted by Gasteiger charge is 2.10. The Labute approximate surface area is 64.3 Å². The summed E-state index contributed by atoms with van der Waals surface area (Å²) in [6.45, 7) is 8.79. The van der Waals surface area contributed by atoms with Gasteiger partial charge in [0.2, 0.25) is 0 Å². The van der Waals surface area contributed by atoms with E-state index in [9.17, 15) is 0 Å². The molecule has 1 aliphatic rings. The predicted octanol–water partition coefficient (Wildman–Crippen LogP) is 1.02. The molecule has 0 atom stereocenters. The lowest BCUT2D eigenvalue weighted by molar-refractivity contribution is 0.0469. The largest absolute Gasteiger partial charge is 0.379 e. The summed E-state index contributed by atoms with van der Waals surface area (Å²) in [4.78, 5) is 2.50. The number of rotatable bonds is 2. The van der Waals surface area contributed by atoms with Gasteiger partial charge >= 0.3 is 0 Å². The number of hydrogen-bond acceptors (Lipinski definition) is 2. The summed E-state index contributed by atoms with van der Waals surface area (Å²) < 4.78 is 5.25. The standard InChI is InChI=1S/C7H16NOP/c1-10(2)7-8-3-5-9-6-4-8/h3-7H2,1-2H3. The van der Waals surface area contributed by atoms with Crippen molar-refractivity contribution in [2.45, 2.75) is 0 Å². The van der Waals surface area contributed by atoms with E-state index < -0.39 is 0 Å². The van der Waals surface area contributed by atoms with Crippen molar-refractivity contribution in [1.82, 2.24) is 4.90 Å². The van der Waals surface area contributed by atoms with E-state index in [4.69, 9.17) is 4.74 Å². The lowest BCUT2D eigenvalue weighted by atomic mass is 10.5. The molecular formula is C7H16NOP. The van der Waals surface area contributed by atoms with Crippen LogP contribution >= 0.6 is 7.92 Å². The fraction of sp³-hybridized carbons (Fsp3) is 1.00. The van der Waals surface area contributed by atoms with E-state index in [-0.39, 0.29) is 7.92 Å². The molecule has 3 heteroatoms. The summed E-state index contributed by atoms with van der Waals surface area (Å²) in [7, 11) is 0.247. The molecule has 0 saturated carbocycles. The summed E-state index contributed by atoms with van der Waals surface area (Å²) in [5, 5.41) is 0. The molecule has 2 nitrogen and oxygen atoms in total. The van der Waals surface area contributed by atoms with Crippen molar-refractivity contribution in [3.63, 3.8) is 0 Å². The first kappa shape index (κ1) is 8.45. The maximum absolute atomic E-state index is 5.25. The predicted molar refractivity (Wildman–Crippen MR) is 46.0 cm³/mol. The zero-order valence-electron chi connectivity index (χ0n) is 6.84. The van der Waals surface area contributed by atoms with E-state index in [1.807, 2.05) is 0 Å². The van der Waals surface area contributed by atoms with Crippen LogP contribution in [0.3, 0.4) is 0 Å². The zero-order chi connectivity index (χ0) is 7.40. The van der Waals surface area contributed by atoms with Gasteiger partial charge in [0.1, 0.15) is 0 Å². The first-order valence-corrected chi connectivity index (χ1v) is 6.16. The van der Waals surface area contributed by atoms with Crippen LogP contribution in [0.25, 0.3) is 0 Å². The Morgan fingerprint density at radius 3 is 2.40 bits per heavy atom. The van der Waals surface area contributed by atoms with Gasteiger partial charge in [-0.05, 0) is 13.3 Å². The first-order chi connectivity index (χ1) is 4.79. The molecule has 0 N–H and O–H groups in total. The Bertz CT molecular complexity index is 91.6. The maximum atomic E-state index is 5.25. The maximum Gasteiger partial charge on any atom is 0.0594 e. The van der Waals surface area contributed by atoms with Crippen LogP contribution in [-0.2, 0) is 4.74 Å². The van der Waals surface area contributed by atoms with Crippen molar-refractivity contribution in [2.75, 3.05) is 45.9 Å². The van der Waals surface area contributed by atoms with Gasteiger partial charge in [-0.3, -0.25) is 4.90 Å². The summed E-state index contributed by atoms with van der Waals surface area (Å²) in [5.74, 6) is 0. The average Bonchev–Trinajstić information content (AvgIpc) is 1.88. The van der Waals surface area contributed by atoms with Crippen LogP contribution in [0.5, 0.6) is 0 Å². The molecule has 60 valence electrons. The highest BCUT2D eigenvalue weighted by molar-refractivity contribution is 7.55. The Morgan fingerprint density at radius 2 is 1.90 bits per heavy atom. The first-order valence-electron chi connectivity index (χ1n) is 3.74. The molecule has 1 aliphatic heterocycles. The third-order valence-corrected chi connectivity index (χ3v) is 2.55. The Hall–Kier alpha value is 0.350. The van der Waals surface area contributed by atoms with Gasteiger partial charge in [0.25, 0.3) is 0 Å². The average molecular weight is 161 g/mol. The molecular weight excluding hydrogens is 145 g/mol. The molecule has 0 amide bonds. The van der Waals surface area contributed by atoms with Crippen LogP contribution in [0.4, 0.5) is 0 Å². The van der Waals surface area contributed by atoms with Crippen LogP contribution in [0.15, 0.2) is 0 Å². The number of nitrogens with zero attached hydrogens (tertiary/aromatic N) is 1. The molecule has 0 bridgehead atoms. The van der Waals surface area contributed by atoms with E-state index in [1.165, 1.54) is 6.29 Å². The third kappa shape index (κ3) is 2.96. The van der Waals surface area contributed by atoms with Crippen molar-refractivity contribution >= 4 is 7.92 Å². The monoisotopic (exact) mass is 161 g/mol. The lowest BCUT2D eigenvalue weighted by Crippen LogP contribution is -2.36. The second-order valence-electron chi connectivity index (χ2n) is 2.95. The van der Waals surface area contributed by atoms with Crippen molar-refractivity contribution in [1.29, 1.82) is 0 Å². The van der Waals surface area contributed by atoms with E-state index in [0.717, 1.165) is 26.3 Å². The van der Waals surface area contributed by atoms with Gasteiger partial charge < -0.3 is 4.74 Å². The normalized spacial score (nSPS) is 21.9. The Balaban J connectivity index is 2.13. The zero-order valence-corrected chi connectivity index (χ0v) is 7.73. The third-order valence-electron chi connectivity index (χ3n) is 1.59. The molecule has 1 heterocycles. The van der Waals surface area contributed by atoms with Gasteiger partial charge in [-0.15, -0.1) is 0 Å². The van der Waals surface area contributed by atoms with Gasteiger partial charge in [-0.1, -0.05) is 7.92 Å². The lowest BCUT2D eigenvalue weighted by Gasteiger charge is -2.27. The van der Waals surface area contributed by atoms with Gasteiger partial charge in [-0.2, -0.15) is 0 Å². The van der Waals surface area contributed by atoms with Crippen LogP contribution in [0, 0.1) is 0 Å². The van der Waals surface area contributed by atoms with E-state index in [2.05, 4.69) is 18.2 Å². The van der Waals surface area contributed by atoms with Crippen LogP contribution < -0.4 is 0 Å². The van der Waals surface area contributed by atoms with Gasteiger partial charge in [0, 0.05) is 19.4 Å². The minimum atomic E-state index is 0.247. The van der Waals surface area contributed by atoms with Gasteiger partial charge in [-0.25, -0.2) is 0 Å². The fourth-order valence-corrected chi connectivity index (χ4v) is 2.23. The van der Waals surface area contributed by atoms with Crippen molar-refractivity contribution in [3.8, 4) is 0 Å². The van der Waals surface area contributed by atoms with Crippen molar-refractivity contribution in [2.24, 2.45) is 0 Å². The highest BCUT2D eigenvalue weighted by atomic mass is 31.1. The summed E-state index contributed by atoms with van der Waals surface area (Å²) in [6.07, 6.45) is 1.29. The van der Waals surface area contributed by atoms with Crippen LogP contribution in [-0.4, -0.2) is 50.8 Å². The fourth-order valence-electron chi connectivity index (χ4n) is 1.14. The summed E-state index contributed by atoms with van der Waals surface area (Å²) in [6, 6.07) is 0. The summed E-state index contributed by atoms with van der Waals surface area (Å²) >= 11 is 0. The quantitative estimate of drug-likeness (QED) is 0.560. The van der Waals surface area contributed by atoms with E-state index >= 15 is 0 Å². The molecule has 1 rings (SSSR count). The molecule has 0 aromatic heterocycles. The molecule has 0 aromatic carbocycles. The minimum Gasteiger partial charge on any atom is -0.379 e. The molecule has 1 saturated heterocycles. The molecule has 0 unspecified atom stereocenters. The molecule has 0 aromatic rings. The Morgan fingerprint density at radius 1 is 1.30 bits per heavy atom. The van der Waals surface area contributed by atoms with E-state index in [1.54, 1.807) is 0 Å². The number of ether oxygens (including phenoxy) is 1. The second kappa shape index (κ2) is 4.27. The van der Waals surface area contributed by atoms with Crippen LogP contribution in [0.1, 0.15) is 0 Å². The summed E-state index contributed by atoms with van der Waals surface area (Å²) in [5.41, 5.74) is 0. The van der Waals surface area contributed by atoms with Gasteiger partial charge in [0.05, 0.1) is 13.2 Å². The molecule has 1 fully saturated rings. The van der Waals surface area contributed by atoms with Crippen molar-refractivity contribution < 1.29 is 4.74 Å². The van der Waals surface area contributed by atoms with E-state index in [0.29, 0.717) is 0 Å². The van der Waals surface area contributed by atoms with Gasteiger partial charge in [0.15, 0.2) is 0 Å². The Kier molecular flexibility index (Phi) is 3.61. The molecule has 0 aliphatic carbocycles. The number of hydrogen-bond donors (Lipinski definition) is 0. The topological polar surface area (TPSA) is 12.5 Å².